The highest BCUT2D eigenvalue weighted by Gasteiger charge is 2.51. The molecule has 2 unspecified atom stereocenters. The van der Waals surface area contributed by atoms with E-state index >= 15 is 0 Å². The first-order valence-corrected chi connectivity index (χ1v) is 18.5. The fourth-order valence-electron chi connectivity index (χ4n) is 9.83. The summed E-state index contributed by atoms with van der Waals surface area (Å²) in [5, 5.41) is 0. The average Bonchev–Trinajstić information content (AvgIpc) is 2.93. The van der Waals surface area contributed by atoms with Crippen LogP contribution >= 0.6 is 0 Å². The maximum absolute atomic E-state index is 14.1. The topological polar surface area (TPSA) is 88.6 Å². The van der Waals surface area contributed by atoms with E-state index in [-0.39, 0.29) is 68.9 Å². The Kier molecular flexibility index (Phi) is 10.7. The van der Waals surface area contributed by atoms with E-state index in [4.69, 9.17) is 14.2 Å². The molecule has 2 atom stereocenters. The molecule has 9 heteroatoms. The Labute approximate surface area is 292 Å². The molecule has 0 amide bonds. The Morgan fingerprint density at radius 1 is 0.438 bits per heavy atom. The molecule has 0 spiro atoms. The van der Waals surface area contributed by atoms with Crippen molar-refractivity contribution in [2.45, 2.75) is 192 Å². The van der Waals surface area contributed by atoms with Crippen LogP contribution in [0.3, 0.4) is 0 Å². The number of piperidine rings is 3. The number of hydrogen-bond acceptors (Lipinski definition) is 9. The third kappa shape index (κ3) is 7.93. The summed E-state index contributed by atoms with van der Waals surface area (Å²) < 4.78 is 19.1. The van der Waals surface area contributed by atoms with Gasteiger partial charge >= 0.3 is 17.9 Å². The molecule has 9 nitrogen and oxygen atoms in total. The number of hydrogen-bond donors (Lipinski definition) is 0. The zero-order chi connectivity index (χ0) is 36.4. The minimum Gasteiger partial charge on any atom is -0.458 e. The van der Waals surface area contributed by atoms with Gasteiger partial charge in [0, 0.05) is 33.2 Å². The summed E-state index contributed by atoms with van der Waals surface area (Å²) in [6, 6.07) is 0. The van der Waals surface area contributed by atoms with E-state index in [2.05, 4.69) is 119 Å². The van der Waals surface area contributed by atoms with Crippen molar-refractivity contribution < 1.29 is 28.6 Å². The molecule has 0 aromatic rings. The van der Waals surface area contributed by atoms with Gasteiger partial charge in [-0.25, -0.2) is 0 Å². The van der Waals surface area contributed by atoms with Crippen LogP contribution in [0.1, 0.15) is 141 Å². The second kappa shape index (κ2) is 13.1. The zero-order valence-electron chi connectivity index (χ0n) is 33.1. The minimum atomic E-state index is -0.843. The van der Waals surface area contributed by atoms with Gasteiger partial charge in [0.2, 0.25) is 0 Å². The summed E-state index contributed by atoms with van der Waals surface area (Å²) in [5.41, 5.74) is -1.10. The molecule has 0 aromatic heterocycles. The lowest BCUT2D eigenvalue weighted by atomic mass is 9.74. The Bertz CT molecular complexity index is 1100. The van der Waals surface area contributed by atoms with Crippen molar-refractivity contribution in [1.82, 2.24) is 14.7 Å². The van der Waals surface area contributed by atoms with Crippen molar-refractivity contribution in [2.75, 3.05) is 21.1 Å². The van der Waals surface area contributed by atoms with Gasteiger partial charge in [0.1, 0.15) is 12.2 Å². The van der Waals surface area contributed by atoms with E-state index in [1.54, 1.807) is 0 Å². The molecule has 3 saturated heterocycles. The van der Waals surface area contributed by atoms with Crippen molar-refractivity contribution in [3.63, 3.8) is 0 Å². The molecule has 0 radical (unpaired) electrons. The number of nitrogens with zero attached hydrogens (tertiary/aromatic N) is 3. The molecule has 3 aliphatic heterocycles. The maximum atomic E-state index is 14.1. The Hall–Kier alpha value is -1.71. The van der Waals surface area contributed by atoms with E-state index in [0.717, 1.165) is 0 Å². The van der Waals surface area contributed by atoms with Crippen molar-refractivity contribution in [3.05, 3.63) is 0 Å². The van der Waals surface area contributed by atoms with Crippen molar-refractivity contribution in [2.24, 2.45) is 17.8 Å². The van der Waals surface area contributed by atoms with Crippen molar-refractivity contribution in [1.29, 1.82) is 0 Å². The summed E-state index contributed by atoms with van der Waals surface area (Å²) in [4.78, 5) is 49.0. The second-order valence-corrected chi connectivity index (χ2v) is 19.7. The van der Waals surface area contributed by atoms with Crippen LogP contribution < -0.4 is 0 Å². The number of rotatable bonds is 6. The quantitative estimate of drug-likeness (QED) is 0.228. The number of likely N-dealkylation sites (tertiary alicyclic amines) is 3. The molecule has 276 valence electrons. The van der Waals surface area contributed by atoms with Gasteiger partial charge in [-0.15, -0.1) is 0 Å². The van der Waals surface area contributed by atoms with Gasteiger partial charge in [0.15, 0.2) is 6.10 Å². The fourth-order valence-corrected chi connectivity index (χ4v) is 9.83. The molecule has 0 aromatic carbocycles. The number of carbonyl (C=O) groups excluding carboxylic acids is 3. The van der Waals surface area contributed by atoms with Gasteiger partial charge < -0.3 is 14.2 Å². The molecular formula is C39H69N3O6. The van der Waals surface area contributed by atoms with Gasteiger partial charge in [-0.1, -0.05) is 0 Å². The predicted molar refractivity (Wildman–Crippen MR) is 189 cm³/mol. The minimum absolute atomic E-state index is 0.175. The molecule has 0 bridgehead atoms. The van der Waals surface area contributed by atoms with Gasteiger partial charge in [0.05, 0.1) is 17.8 Å². The monoisotopic (exact) mass is 676 g/mol. The van der Waals surface area contributed by atoms with Crippen LogP contribution in [0.5, 0.6) is 0 Å². The Morgan fingerprint density at radius 2 is 0.667 bits per heavy atom. The number of carbonyl (C=O) groups is 3. The van der Waals surface area contributed by atoms with Crippen molar-refractivity contribution in [3.8, 4) is 0 Å². The average molecular weight is 676 g/mol. The lowest BCUT2D eigenvalue weighted by molar-refractivity contribution is -0.203. The molecule has 3 heterocycles. The molecule has 4 aliphatic rings. The third-order valence-electron chi connectivity index (χ3n) is 13.4. The van der Waals surface area contributed by atoms with Crippen molar-refractivity contribution >= 4 is 17.9 Å². The van der Waals surface area contributed by atoms with Crippen LogP contribution in [-0.2, 0) is 28.6 Å². The standard InChI is InChI=1S/C39H69N3O6/c1-34(2)19-25(20-35(3,4)40(34)13)31(43)46-28-17-16-18-29(47-32(44)26-21-36(5,6)41(14)37(7,8)22-26)30(28)48-33(45)27-23-38(9,10)42(15)39(11,12)24-27/h25-30H,16-24H2,1-15H3. The maximum Gasteiger partial charge on any atom is 0.309 e. The Balaban J connectivity index is 1.58. The van der Waals surface area contributed by atoms with Crippen LogP contribution in [0.15, 0.2) is 0 Å². The lowest BCUT2D eigenvalue weighted by Crippen LogP contribution is -2.61. The SMILES string of the molecule is CN1C(C)(C)CC(C(=O)OC2CCCC(OC(=O)C3CC(C)(C)N(C)C(C)(C)C3)C2OC(=O)C2CC(C)(C)N(C)C(C)(C)C2)CC1(C)C. The third-order valence-corrected chi connectivity index (χ3v) is 13.4. The highest BCUT2D eigenvalue weighted by molar-refractivity contribution is 5.75. The normalized spacial score (nSPS) is 32.7. The van der Waals surface area contributed by atoms with E-state index in [1.807, 2.05) is 0 Å². The molecular weight excluding hydrogens is 606 g/mol. The zero-order valence-corrected chi connectivity index (χ0v) is 33.1. The molecule has 48 heavy (non-hydrogen) atoms. The van der Waals surface area contributed by atoms with Crippen LogP contribution in [0.4, 0.5) is 0 Å². The summed E-state index contributed by atoms with van der Waals surface area (Å²) >= 11 is 0. The first-order valence-electron chi connectivity index (χ1n) is 18.5. The summed E-state index contributed by atoms with van der Waals surface area (Å²) in [6.45, 7) is 26.0. The van der Waals surface area contributed by atoms with Gasteiger partial charge in [-0.2, -0.15) is 0 Å². The van der Waals surface area contributed by atoms with Gasteiger partial charge in [0.25, 0.3) is 0 Å². The number of esters is 3. The van der Waals surface area contributed by atoms with Crippen LogP contribution in [0, 0.1) is 17.8 Å². The van der Waals surface area contributed by atoms with Crippen LogP contribution in [0.2, 0.25) is 0 Å². The van der Waals surface area contributed by atoms with E-state index in [9.17, 15) is 14.4 Å². The van der Waals surface area contributed by atoms with E-state index in [0.29, 0.717) is 57.8 Å². The fraction of sp³-hybridized carbons (Fsp3) is 0.923. The van der Waals surface area contributed by atoms with Gasteiger partial charge in [-0.05, 0) is 162 Å². The molecule has 4 rings (SSSR count). The van der Waals surface area contributed by atoms with E-state index < -0.39 is 18.3 Å². The Morgan fingerprint density at radius 3 is 0.917 bits per heavy atom. The van der Waals surface area contributed by atoms with Crippen LogP contribution in [-0.4, -0.2) is 105 Å². The smallest absolute Gasteiger partial charge is 0.309 e. The highest BCUT2D eigenvalue weighted by Crippen LogP contribution is 2.44. The molecule has 4 fully saturated rings. The highest BCUT2D eigenvalue weighted by atomic mass is 16.6. The predicted octanol–water partition coefficient (Wildman–Crippen LogP) is 6.60. The first kappa shape index (κ1) is 39.1. The molecule has 1 saturated carbocycles. The van der Waals surface area contributed by atoms with Gasteiger partial charge in [-0.3, -0.25) is 29.1 Å². The summed E-state index contributed by atoms with van der Waals surface area (Å²) in [7, 11) is 6.36. The first-order chi connectivity index (χ1) is 21.7. The largest absolute Gasteiger partial charge is 0.458 e. The lowest BCUT2D eigenvalue weighted by Gasteiger charge is -2.53. The van der Waals surface area contributed by atoms with E-state index in [1.165, 1.54) is 0 Å². The summed E-state index contributed by atoms with van der Waals surface area (Å²) in [6.07, 6.45) is 3.72. The number of ether oxygens (including phenoxy) is 3. The summed E-state index contributed by atoms with van der Waals surface area (Å²) in [5.74, 6) is -1.65. The molecule has 0 N–H and O–H groups in total. The second-order valence-electron chi connectivity index (χ2n) is 19.7. The molecule has 1 aliphatic carbocycles. The van der Waals surface area contributed by atoms with Crippen LogP contribution in [0.25, 0.3) is 0 Å².